The van der Waals surface area contributed by atoms with Gasteiger partial charge in [0.1, 0.15) is 18.2 Å². The minimum absolute atomic E-state index is 0.00261. The Morgan fingerprint density at radius 2 is 1.72 bits per heavy atom. The lowest BCUT2D eigenvalue weighted by Gasteiger charge is -2.13. The molecule has 0 atom stereocenters. The van der Waals surface area contributed by atoms with Gasteiger partial charge in [-0.25, -0.2) is 9.82 Å². The van der Waals surface area contributed by atoms with Crippen molar-refractivity contribution in [3.8, 4) is 17.2 Å². The number of rotatable bonds is 7. The van der Waals surface area contributed by atoms with Crippen LogP contribution in [0.1, 0.15) is 21.5 Å². The van der Waals surface area contributed by atoms with E-state index in [4.69, 9.17) is 9.47 Å². The van der Waals surface area contributed by atoms with Crippen molar-refractivity contribution in [3.05, 3.63) is 84.5 Å². The molecular formula is C22H16Br3FN2O4. The minimum atomic E-state index is -0.454. The molecule has 0 fully saturated rings. The topological polar surface area (TPSA) is 80.2 Å². The molecule has 166 valence electrons. The van der Waals surface area contributed by atoms with Gasteiger partial charge >= 0.3 is 0 Å². The SMILES string of the molecule is COc1cc(C=NNC(=O)c2cc(Br)c(O)c(Br)c2)c(Br)cc1OCc1ccc(F)cc1. The molecule has 1 amide bonds. The Morgan fingerprint density at radius 3 is 2.34 bits per heavy atom. The highest BCUT2D eigenvalue weighted by atomic mass is 79.9. The quantitative estimate of drug-likeness (QED) is 0.242. The number of aromatic hydroxyl groups is 1. The predicted molar refractivity (Wildman–Crippen MR) is 130 cm³/mol. The summed E-state index contributed by atoms with van der Waals surface area (Å²) in [6.07, 6.45) is 1.46. The molecule has 0 aromatic heterocycles. The molecule has 3 rings (SSSR count). The molecule has 32 heavy (non-hydrogen) atoms. The van der Waals surface area contributed by atoms with Crippen molar-refractivity contribution in [1.82, 2.24) is 5.43 Å². The Morgan fingerprint density at radius 1 is 1.06 bits per heavy atom. The van der Waals surface area contributed by atoms with Gasteiger partial charge in [-0.3, -0.25) is 4.79 Å². The number of methoxy groups -OCH3 is 1. The molecule has 0 spiro atoms. The lowest BCUT2D eigenvalue weighted by Crippen LogP contribution is -2.17. The molecule has 2 N–H and O–H groups in total. The molecule has 0 heterocycles. The van der Waals surface area contributed by atoms with Gasteiger partial charge in [0, 0.05) is 15.6 Å². The highest BCUT2D eigenvalue weighted by molar-refractivity contribution is 9.11. The van der Waals surface area contributed by atoms with E-state index in [0.29, 0.717) is 36.0 Å². The summed E-state index contributed by atoms with van der Waals surface area (Å²) in [7, 11) is 1.51. The summed E-state index contributed by atoms with van der Waals surface area (Å²) in [6.45, 7) is 0.240. The van der Waals surface area contributed by atoms with E-state index in [-0.39, 0.29) is 18.2 Å². The van der Waals surface area contributed by atoms with Crippen LogP contribution in [0.15, 0.2) is 67.1 Å². The van der Waals surface area contributed by atoms with Gasteiger partial charge in [0.2, 0.25) is 0 Å². The van der Waals surface area contributed by atoms with Crippen LogP contribution in [0.2, 0.25) is 0 Å². The second-order valence-electron chi connectivity index (χ2n) is 6.43. The second kappa shape index (κ2) is 10.9. The number of hydrogen-bond acceptors (Lipinski definition) is 5. The molecule has 10 heteroatoms. The van der Waals surface area contributed by atoms with Gasteiger partial charge in [-0.15, -0.1) is 0 Å². The van der Waals surface area contributed by atoms with Gasteiger partial charge in [0.05, 0.1) is 22.3 Å². The zero-order valence-corrected chi connectivity index (χ0v) is 21.3. The number of phenolic OH excluding ortho intramolecular Hbond substituents is 1. The number of amides is 1. The molecule has 3 aromatic carbocycles. The maximum atomic E-state index is 13.0. The van der Waals surface area contributed by atoms with E-state index in [2.05, 4.69) is 58.3 Å². The van der Waals surface area contributed by atoms with Crippen molar-refractivity contribution in [3.63, 3.8) is 0 Å². The van der Waals surface area contributed by atoms with Gasteiger partial charge in [0.25, 0.3) is 5.91 Å². The number of carbonyl (C=O) groups excluding carboxylic acids is 1. The third kappa shape index (κ3) is 6.08. The van der Waals surface area contributed by atoms with Crippen LogP contribution in [0.25, 0.3) is 0 Å². The summed E-state index contributed by atoms with van der Waals surface area (Å²) in [5.74, 6) is 0.196. The molecule has 0 aliphatic rings. The molecule has 0 saturated heterocycles. The molecule has 3 aromatic rings. The van der Waals surface area contributed by atoms with Crippen LogP contribution >= 0.6 is 47.8 Å². The Balaban J connectivity index is 1.70. The monoisotopic (exact) mass is 628 g/mol. The average Bonchev–Trinajstić information content (AvgIpc) is 2.77. The minimum Gasteiger partial charge on any atom is -0.506 e. The van der Waals surface area contributed by atoms with E-state index in [0.717, 1.165) is 5.56 Å². The highest BCUT2D eigenvalue weighted by Crippen LogP contribution is 2.34. The second-order valence-corrected chi connectivity index (χ2v) is 8.99. The summed E-state index contributed by atoms with van der Waals surface area (Å²) < 4.78 is 25.7. The Labute approximate surface area is 208 Å². The van der Waals surface area contributed by atoms with E-state index in [9.17, 15) is 14.3 Å². The summed E-state index contributed by atoms with van der Waals surface area (Å²) in [4.78, 5) is 12.3. The number of halogens is 4. The van der Waals surface area contributed by atoms with Crippen molar-refractivity contribution in [1.29, 1.82) is 0 Å². The van der Waals surface area contributed by atoms with E-state index in [1.807, 2.05) is 0 Å². The highest BCUT2D eigenvalue weighted by Gasteiger charge is 2.12. The van der Waals surface area contributed by atoms with Crippen molar-refractivity contribution >= 4 is 59.9 Å². The first-order valence-corrected chi connectivity index (χ1v) is 11.4. The van der Waals surface area contributed by atoms with Gasteiger partial charge in [0.15, 0.2) is 11.5 Å². The molecule has 0 radical (unpaired) electrons. The maximum absolute atomic E-state index is 13.0. The van der Waals surface area contributed by atoms with Gasteiger partial charge in [-0.1, -0.05) is 12.1 Å². The average molecular weight is 631 g/mol. The summed E-state index contributed by atoms with van der Waals surface area (Å²) in [5, 5.41) is 13.7. The molecular weight excluding hydrogens is 615 g/mol. The van der Waals surface area contributed by atoms with Crippen LogP contribution in [0.3, 0.4) is 0 Å². The number of benzene rings is 3. The predicted octanol–water partition coefficient (Wildman–Crippen LogP) is 6.17. The first-order valence-electron chi connectivity index (χ1n) is 9.04. The van der Waals surface area contributed by atoms with Crippen molar-refractivity contribution < 1.29 is 23.8 Å². The van der Waals surface area contributed by atoms with Crippen molar-refractivity contribution in [2.75, 3.05) is 7.11 Å². The summed E-state index contributed by atoms with van der Waals surface area (Å²) in [6, 6.07) is 12.4. The molecule has 6 nitrogen and oxygen atoms in total. The standard InChI is InChI=1S/C22H16Br3FN2O4/c1-31-19-8-14(10-27-28-22(30)13-6-17(24)21(29)18(25)7-13)16(23)9-20(19)32-11-12-2-4-15(26)5-3-12/h2-10,29H,11H2,1H3,(H,28,30). The number of phenols is 1. The van der Waals surface area contributed by atoms with E-state index in [1.165, 1.54) is 37.6 Å². The fraction of sp³-hybridized carbons (Fsp3) is 0.0909. The van der Waals surface area contributed by atoms with Crippen LogP contribution in [0.4, 0.5) is 4.39 Å². The first-order chi connectivity index (χ1) is 15.3. The summed E-state index contributed by atoms with van der Waals surface area (Å²) >= 11 is 9.83. The maximum Gasteiger partial charge on any atom is 0.271 e. The zero-order valence-electron chi connectivity index (χ0n) is 16.5. The lowest BCUT2D eigenvalue weighted by molar-refractivity contribution is 0.0955. The van der Waals surface area contributed by atoms with E-state index in [1.54, 1.807) is 24.3 Å². The van der Waals surface area contributed by atoms with E-state index >= 15 is 0 Å². The first kappa shape index (κ1) is 24.2. The smallest absolute Gasteiger partial charge is 0.271 e. The lowest BCUT2D eigenvalue weighted by atomic mass is 10.2. The molecule has 0 bridgehead atoms. The van der Waals surface area contributed by atoms with Crippen LogP contribution in [0.5, 0.6) is 17.2 Å². The third-order valence-electron chi connectivity index (χ3n) is 4.24. The molecule has 0 aliphatic carbocycles. The van der Waals surface area contributed by atoms with E-state index < -0.39 is 5.91 Å². The largest absolute Gasteiger partial charge is 0.506 e. The van der Waals surface area contributed by atoms with Gasteiger partial charge < -0.3 is 14.6 Å². The Kier molecular flexibility index (Phi) is 8.27. The van der Waals surface area contributed by atoms with Crippen molar-refractivity contribution in [2.24, 2.45) is 5.10 Å². The fourth-order valence-electron chi connectivity index (χ4n) is 2.59. The normalized spacial score (nSPS) is 10.9. The number of hydrogen-bond donors (Lipinski definition) is 2. The van der Waals surface area contributed by atoms with Crippen LogP contribution in [-0.2, 0) is 6.61 Å². The fourth-order valence-corrected chi connectivity index (χ4v) is 4.20. The molecule has 0 saturated carbocycles. The van der Waals surface area contributed by atoms with Crippen molar-refractivity contribution in [2.45, 2.75) is 6.61 Å². The molecule has 0 aliphatic heterocycles. The zero-order chi connectivity index (χ0) is 23.3. The summed E-state index contributed by atoms with van der Waals surface area (Å²) in [5.41, 5.74) is 4.19. The molecule has 0 unspecified atom stereocenters. The van der Waals surface area contributed by atoms with Gasteiger partial charge in [-0.2, -0.15) is 5.10 Å². The number of nitrogens with zero attached hydrogens (tertiary/aromatic N) is 1. The van der Waals surface area contributed by atoms with Crippen LogP contribution in [0, 0.1) is 5.82 Å². The number of ether oxygens (including phenoxy) is 2. The number of carbonyl (C=O) groups is 1. The Hall–Kier alpha value is -2.43. The number of hydrazone groups is 1. The van der Waals surface area contributed by atoms with Crippen LogP contribution < -0.4 is 14.9 Å². The van der Waals surface area contributed by atoms with Crippen LogP contribution in [-0.4, -0.2) is 24.3 Å². The number of nitrogens with one attached hydrogen (secondary N) is 1. The Bertz CT molecular complexity index is 1150. The van der Waals surface area contributed by atoms with Gasteiger partial charge in [-0.05, 0) is 89.8 Å². The third-order valence-corrected chi connectivity index (χ3v) is 6.14.